The first-order valence-corrected chi connectivity index (χ1v) is 4.53. The van der Waals surface area contributed by atoms with Gasteiger partial charge in [0.25, 0.3) is 0 Å². The summed E-state index contributed by atoms with van der Waals surface area (Å²) in [5.74, 6) is 12.4. The minimum atomic E-state index is -0.115. The molecule has 4 nitrogen and oxygen atoms in total. The molecule has 2 aliphatic rings. The molecule has 0 amide bonds. The van der Waals surface area contributed by atoms with Gasteiger partial charge in [-0.05, 0) is 24.7 Å². The van der Waals surface area contributed by atoms with Gasteiger partial charge in [0.05, 0.1) is 5.54 Å². The maximum absolute atomic E-state index is 6.22. The summed E-state index contributed by atoms with van der Waals surface area (Å²) >= 11 is 0. The first-order valence-electron chi connectivity index (χ1n) is 4.53. The first-order chi connectivity index (χ1) is 5.45. The Labute approximate surface area is 73.0 Å². The third-order valence-electron chi connectivity index (χ3n) is 3.90. The van der Waals surface area contributed by atoms with E-state index in [1.807, 2.05) is 0 Å². The fourth-order valence-electron chi connectivity index (χ4n) is 2.71. The molecule has 0 saturated heterocycles. The van der Waals surface area contributed by atoms with Crippen LogP contribution in [0.3, 0.4) is 0 Å². The molecule has 0 spiro atoms. The van der Waals surface area contributed by atoms with Crippen molar-refractivity contribution in [2.45, 2.75) is 37.8 Å². The fraction of sp³-hybridized carbons (Fsp3) is 1.00. The molecule has 0 aromatic heterocycles. The highest BCUT2D eigenvalue weighted by Gasteiger charge is 2.73. The minimum absolute atomic E-state index is 0.105. The Kier molecular flexibility index (Phi) is 1.41. The van der Waals surface area contributed by atoms with Crippen LogP contribution in [0.5, 0.6) is 0 Å². The molecule has 4 heteroatoms. The van der Waals surface area contributed by atoms with Crippen molar-refractivity contribution in [3.63, 3.8) is 0 Å². The zero-order chi connectivity index (χ0) is 9.15. The van der Waals surface area contributed by atoms with Crippen LogP contribution in [0.1, 0.15) is 26.7 Å². The van der Waals surface area contributed by atoms with Gasteiger partial charge in [0.2, 0.25) is 0 Å². The van der Waals surface area contributed by atoms with E-state index in [-0.39, 0.29) is 11.1 Å². The van der Waals surface area contributed by atoms with Crippen molar-refractivity contribution in [3.8, 4) is 0 Å². The quantitative estimate of drug-likeness (QED) is 0.387. The summed E-state index contributed by atoms with van der Waals surface area (Å²) < 4.78 is 0. The lowest BCUT2D eigenvalue weighted by Crippen LogP contribution is -2.60. The number of hydrogen-bond acceptors (Lipinski definition) is 4. The fourth-order valence-corrected chi connectivity index (χ4v) is 2.71. The van der Waals surface area contributed by atoms with Gasteiger partial charge in [0.1, 0.15) is 0 Å². The van der Waals surface area contributed by atoms with E-state index in [1.54, 1.807) is 0 Å². The molecule has 0 aliphatic heterocycles. The second-order valence-corrected chi connectivity index (χ2v) is 4.58. The lowest BCUT2D eigenvalue weighted by Gasteiger charge is -2.31. The average molecular weight is 170 g/mol. The lowest BCUT2D eigenvalue weighted by atomic mass is 10.00. The average Bonchev–Trinajstić information content (AvgIpc) is 2.75. The SMILES string of the molecule is CC1CC1(N)C1(N(N)N)CC1C. The van der Waals surface area contributed by atoms with E-state index in [9.17, 15) is 0 Å². The molecule has 0 aromatic carbocycles. The van der Waals surface area contributed by atoms with Crippen LogP contribution >= 0.6 is 0 Å². The molecule has 0 radical (unpaired) electrons. The van der Waals surface area contributed by atoms with Gasteiger partial charge in [-0.25, -0.2) is 0 Å². The summed E-state index contributed by atoms with van der Waals surface area (Å²) in [5, 5.41) is 1.35. The van der Waals surface area contributed by atoms with Crippen LogP contribution in [-0.4, -0.2) is 16.2 Å². The van der Waals surface area contributed by atoms with E-state index in [4.69, 9.17) is 17.4 Å². The highest BCUT2D eigenvalue weighted by Crippen LogP contribution is 2.63. The summed E-state index contributed by atoms with van der Waals surface area (Å²) in [6.45, 7) is 4.32. The van der Waals surface area contributed by atoms with E-state index >= 15 is 0 Å². The van der Waals surface area contributed by atoms with E-state index < -0.39 is 0 Å². The van der Waals surface area contributed by atoms with Crippen LogP contribution in [0.25, 0.3) is 0 Å². The molecule has 0 bridgehead atoms. The first kappa shape index (κ1) is 8.44. The second-order valence-electron chi connectivity index (χ2n) is 4.58. The highest BCUT2D eigenvalue weighted by molar-refractivity contribution is 5.30. The van der Waals surface area contributed by atoms with Crippen LogP contribution in [0.15, 0.2) is 0 Å². The van der Waals surface area contributed by atoms with Gasteiger partial charge < -0.3 is 5.73 Å². The Balaban J connectivity index is 2.21. The number of nitrogens with two attached hydrogens (primary N) is 3. The summed E-state index contributed by atoms with van der Waals surface area (Å²) in [6.07, 6.45) is 2.10. The van der Waals surface area contributed by atoms with Gasteiger partial charge in [-0.15, -0.1) is 0 Å². The Morgan fingerprint density at radius 1 is 1.17 bits per heavy atom. The Morgan fingerprint density at radius 2 is 1.58 bits per heavy atom. The third kappa shape index (κ3) is 0.713. The number of hydrazine groups is 2. The standard InChI is InChI=1S/C8H18N4/c1-5-3-7(5,9)8(12(10)11)4-6(8)2/h5-6H,3-4,9-11H2,1-2H3. The lowest BCUT2D eigenvalue weighted by molar-refractivity contribution is 0.126. The highest BCUT2D eigenvalue weighted by atomic mass is 15.6. The number of rotatable bonds is 2. The maximum Gasteiger partial charge on any atom is 0.0715 e. The van der Waals surface area contributed by atoms with Crippen molar-refractivity contribution in [1.29, 1.82) is 0 Å². The predicted molar refractivity (Wildman–Crippen MR) is 47.4 cm³/mol. The monoisotopic (exact) mass is 170 g/mol. The molecule has 2 aliphatic carbocycles. The van der Waals surface area contributed by atoms with Gasteiger partial charge in [-0.1, -0.05) is 13.8 Å². The third-order valence-corrected chi connectivity index (χ3v) is 3.90. The topological polar surface area (TPSA) is 81.3 Å². The molecule has 0 heterocycles. The molecule has 4 unspecified atom stereocenters. The van der Waals surface area contributed by atoms with Gasteiger partial charge >= 0.3 is 0 Å². The molecule has 0 aromatic rings. The van der Waals surface area contributed by atoms with Gasteiger partial charge in [0, 0.05) is 5.54 Å². The van der Waals surface area contributed by atoms with Crippen molar-refractivity contribution in [3.05, 3.63) is 0 Å². The summed E-state index contributed by atoms with van der Waals surface area (Å²) in [4.78, 5) is 0. The van der Waals surface area contributed by atoms with Crippen molar-refractivity contribution < 1.29 is 0 Å². The van der Waals surface area contributed by atoms with Crippen LogP contribution in [0, 0.1) is 11.8 Å². The van der Waals surface area contributed by atoms with Crippen molar-refractivity contribution >= 4 is 0 Å². The van der Waals surface area contributed by atoms with Crippen LogP contribution < -0.4 is 17.4 Å². The van der Waals surface area contributed by atoms with Crippen LogP contribution in [0.2, 0.25) is 0 Å². The molecule has 2 saturated carbocycles. The van der Waals surface area contributed by atoms with E-state index in [0.29, 0.717) is 11.8 Å². The van der Waals surface area contributed by atoms with E-state index in [2.05, 4.69) is 13.8 Å². The smallest absolute Gasteiger partial charge is 0.0715 e. The van der Waals surface area contributed by atoms with Crippen molar-refractivity contribution in [2.24, 2.45) is 29.3 Å². The molecular weight excluding hydrogens is 152 g/mol. The minimum Gasteiger partial charge on any atom is -0.323 e. The summed E-state index contributed by atoms with van der Waals surface area (Å²) in [7, 11) is 0. The molecular formula is C8H18N4. The van der Waals surface area contributed by atoms with Gasteiger partial charge in [-0.2, -0.15) is 5.12 Å². The maximum atomic E-state index is 6.22. The molecule has 12 heavy (non-hydrogen) atoms. The molecule has 6 N–H and O–H groups in total. The summed E-state index contributed by atoms with van der Waals surface area (Å²) in [5.41, 5.74) is 6.00. The van der Waals surface area contributed by atoms with E-state index in [0.717, 1.165) is 12.8 Å². The molecule has 4 atom stereocenters. The zero-order valence-corrected chi connectivity index (χ0v) is 7.75. The normalized spacial score (nSPS) is 57.5. The Hall–Kier alpha value is -0.160. The molecule has 70 valence electrons. The van der Waals surface area contributed by atoms with Crippen molar-refractivity contribution in [2.75, 3.05) is 0 Å². The van der Waals surface area contributed by atoms with Crippen molar-refractivity contribution in [1.82, 2.24) is 5.12 Å². The van der Waals surface area contributed by atoms with Gasteiger partial charge in [-0.3, -0.25) is 11.7 Å². The second kappa shape index (κ2) is 2.01. The van der Waals surface area contributed by atoms with Gasteiger partial charge in [0.15, 0.2) is 0 Å². The Bertz CT molecular complexity index is 217. The van der Waals surface area contributed by atoms with Crippen LogP contribution in [-0.2, 0) is 0 Å². The largest absolute Gasteiger partial charge is 0.323 e. The zero-order valence-electron chi connectivity index (χ0n) is 7.75. The number of nitrogens with zero attached hydrogens (tertiary/aromatic N) is 1. The summed E-state index contributed by atoms with van der Waals surface area (Å²) in [6, 6.07) is 0. The van der Waals surface area contributed by atoms with Crippen LogP contribution in [0.4, 0.5) is 0 Å². The Morgan fingerprint density at radius 3 is 1.67 bits per heavy atom. The molecule has 2 fully saturated rings. The van der Waals surface area contributed by atoms with E-state index in [1.165, 1.54) is 5.12 Å². The number of hydrogen-bond donors (Lipinski definition) is 3. The predicted octanol–water partition coefficient (Wildman–Crippen LogP) is -0.448. The molecule has 2 rings (SSSR count).